The van der Waals surface area contributed by atoms with Crippen molar-refractivity contribution < 1.29 is 9.53 Å². The molecule has 2 heterocycles. The van der Waals surface area contributed by atoms with Gasteiger partial charge in [-0.15, -0.1) is 0 Å². The highest BCUT2D eigenvalue weighted by atomic mass is 16.6. The lowest BCUT2D eigenvalue weighted by Crippen LogP contribution is -2.36. The lowest BCUT2D eigenvalue weighted by Gasteiger charge is -2.16. The van der Waals surface area contributed by atoms with Crippen molar-refractivity contribution in [3.05, 3.63) is 41.9 Å². The first-order chi connectivity index (χ1) is 13.5. The van der Waals surface area contributed by atoms with Gasteiger partial charge >= 0.3 is 6.09 Å². The molecule has 2 aromatic heterocycles. The number of amides is 1. The summed E-state index contributed by atoms with van der Waals surface area (Å²) in [5.74, 6) is 1.32. The second-order valence-corrected chi connectivity index (χ2v) is 7.73. The molecule has 8 heteroatoms. The third-order valence-corrected chi connectivity index (χ3v) is 5.34. The van der Waals surface area contributed by atoms with E-state index < -0.39 is 0 Å². The van der Waals surface area contributed by atoms with E-state index in [0.717, 1.165) is 37.7 Å². The van der Waals surface area contributed by atoms with Crippen molar-refractivity contribution in [3.8, 4) is 6.07 Å². The molecule has 144 valence electrons. The van der Waals surface area contributed by atoms with Gasteiger partial charge in [0.15, 0.2) is 0 Å². The van der Waals surface area contributed by atoms with E-state index in [1.165, 1.54) is 6.20 Å². The van der Waals surface area contributed by atoms with Crippen LogP contribution in [0.25, 0.3) is 0 Å². The number of rotatable bonds is 5. The summed E-state index contributed by atoms with van der Waals surface area (Å²) in [5.41, 5.74) is 1.48. The molecule has 2 aliphatic rings. The van der Waals surface area contributed by atoms with Crippen molar-refractivity contribution in [2.45, 2.75) is 56.6 Å². The zero-order chi connectivity index (χ0) is 19.6. The van der Waals surface area contributed by atoms with Crippen molar-refractivity contribution in [2.24, 2.45) is 0 Å². The van der Waals surface area contributed by atoms with E-state index >= 15 is 0 Å². The predicted octanol–water partition coefficient (Wildman–Crippen LogP) is 3.40. The van der Waals surface area contributed by atoms with Crippen LogP contribution in [0.5, 0.6) is 0 Å². The molecule has 1 amide bonds. The number of pyridine rings is 1. The molecule has 28 heavy (non-hydrogen) atoms. The highest BCUT2D eigenvalue weighted by Crippen LogP contribution is 2.37. The Morgan fingerprint density at radius 3 is 2.64 bits per heavy atom. The third-order valence-electron chi connectivity index (χ3n) is 5.34. The molecule has 2 fully saturated rings. The molecule has 0 aromatic carbocycles. The zero-order valence-corrected chi connectivity index (χ0v) is 15.7. The standard InChI is InChI=1S/C20H22N6O2/c1-20(6-7-20)26-19(27)28-16-4-3-14(8-16)15-11-23-18(24-12-15)25-17-5-2-13(9-21)10-22-17/h2,5,10-12,14,16H,3-4,6-8H2,1H3,(H,26,27)(H,22,23,24,25)/t14-,16+/m0/s1. The fraction of sp³-hybridized carbons (Fsp3) is 0.450. The molecule has 2 aliphatic carbocycles. The largest absolute Gasteiger partial charge is 0.446 e. The average Bonchev–Trinajstić information content (AvgIpc) is 3.23. The topological polar surface area (TPSA) is 113 Å². The van der Waals surface area contributed by atoms with E-state index in [0.29, 0.717) is 17.3 Å². The number of carbonyl (C=O) groups is 1. The van der Waals surface area contributed by atoms with Crippen LogP contribution in [0.4, 0.5) is 16.6 Å². The van der Waals surface area contributed by atoms with Crippen molar-refractivity contribution >= 4 is 17.9 Å². The lowest BCUT2D eigenvalue weighted by molar-refractivity contribution is 0.0967. The van der Waals surface area contributed by atoms with Gasteiger partial charge in [0.1, 0.15) is 18.0 Å². The Kier molecular flexibility index (Phi) is 4.82. The molecule has 0 radical (unpaired) electrons. The molecule has 0 bridgehead atoms. The summed E-state index contributed by atoms with van der Waals surface area (Å²) >= 11 is 0. The molecule has 2 saturated carbocycles. The van der Waals surface area contributed by atoms with Crippen LogP contribution >= 0.6 is 0 Å². The van der Waals surface area contributed by atoms with E-state index in [-0.39, 0.29) is 23.7 Å². The van der Waals surface area contributed by atoms with E-state index in [9.17, 15) is 4.79 Å². The number of nitrogens with zero attached hydrogens (tertiary/aromatic N) is 4. The first-order valence-corrected chi connectivity index (χ1v) is 9.47. The molecule has 0 aliphatic heterocycles. The Morgan fingerprint density at radius 1 is 1.21 bits per heavy atom. The first-order valence-electron chi connectivity index (χ1n) is 9.47. The second-order valence-electron chi connectivity index (χ2n) is 7.73. The number of anilines is 2. The Balaban J connectivity index is 1.30. The average molecular weight is 378 g/mol. The molecule has 0 spiro atoms. The normalized spacial score (nSPS) is 22.1. The van der Waals surface area contributed by atoms with Crippen LogP contribution in [0.15, 0.2) is 30.7 Å². The minimum Gasteiger partial charge on any atom is -0.446 e. The fourth-order valence-corrected chi connectivity index (χ4v) is 3.35. The molecule has 0 saturated heterocycles. The van der Waals surface area contributed by atoms with Crippen molar-refractivity contribution in [2.75, 3.05) is 5.32 Å². The molecule has 0 unspecified atom stereocenters. The van der Waals surface area contributed by atoms with Crippen LogP contribution < -0.4 is 10.6 Å². The number of nitrogens with one attached hydrogen (secondary N) is 2. The fourth-order valence-electron chi connectivity index (χ4n) is 3.35. The molecule has 2 N–H and O–H groups in total. The highest BCUT2D eigenvalue weighted by Gasteiger charge is 2.40. The van der Waals surface area contributed by atoms with E-state index in [2.05, 4.69) is 25.6 Å². The van der Waals surface area contributed by atoms with Gasteiger partial charge < -0.3 is 15.4 Å². The number of carbonyl (C=O) groups excluding carboxylic acids is 1. The Labute approximate surface area is 163 Å². The van der Waals surface area contributed by atoms with Crippen LogP contribution in [0.3, 0.4) is 0 Å². The first kappa shape index (κ1) is 18.2. The molecular weight excluding hydrogens is 356 g/mol. The van der Waals surface area contributed by atoms with Gasteiger partial charge in [-0.25, -0.2) is 19.7 Å². The van der Waals surface area contributed by atoms with Crippen molar-refractivity contribution in [3.63, 3.8) is 0 Å². The van der Waals surface area contributed by atoms with Gasteiger partial charge in [0.2, 0.25) is 5.95 Å². The summed E-state index contributed by atoms with van der Waals surface area (Å²) in [4.78, 5) is 24.8. The van der Waals surface area contributed by atoms with Crippen LogP contribution in [-0.2, 0) is 4.74 Å². The summed E-state index contributed by atoms with van der Waals surface area (Å²) in [6.07, 6.45) is 9.36. The monoisotopic (exact) mass is 378 g/mol. The summed E-state index contributed by atoms with van der Waals surface area (Å²) in [6.45, 7) is 2.03. The highest BCUT2D eigenvalue weighted by molar-refractivity contribution is 5.69. The van der Waals surface area contributed by atoms with E-state index in [1.54, 1.807) is 24.5 Å². The number of hydrogen-bond donors (Lipinski definition) is 2. The maximum absolute atomic E-state index is 12.0. The lowest BCUT2D eigenvalue weighted by atomic mass is 10.0. The van der Waals surface area contributed by atoms with Crippen molar-refractivity contribution in [1.82, 2.24) is 20.3 Å². The van der Waals surface area contributed by atoms with Crippen molar-refractivity contribution in [1.29, 1.82) is 5.26 Å². The summed E-state index contributed by atoms with van der Waals surface area (Å²) in [7, 11) is 0. The number of ether oxygens (including phenoxy) is 1. The second kappa shape index (κ2) is 7.43. The number of aromatic nitrogens is 3. The van der Waals surface area contributed by atoms with Crippen LogP contribution in [0.1, 0.15) is 56.1 Å². The number of hydrogen-bond acceptors (Lipinski definition) is 7. The molecule has 2 atom stereocenters. The maximum Gasteiger partial charge on any atom is 0.407 e. The zero-order valence-electron chi connectivity index (χ0n) is 15.7. The number of nitriles is 1. The Hall–Kier alpha value is -3.21. The van der Waals surface area contributed by atoms with E-state index in [1.807, 2.05) is 13.0 Å². The molecule has 2 aromatic rings. The summed E-state index contributed by atoms with van der Waals surface area (Å²) in [6, 6.07) is 5.42. The van der Waals surface area contributed by atoms with Gasteiger partial charge in [-0.05, 0) is 62.6 Å². The van der Waals surface area contributed by atoms with Gasteiger partial charge in [0.25, 0.3) is 0 Å². The van der Waals surface area contributed by atoms with Crippen LogP contribution in [0, 0.1) is 11.3 Å². The summed E-state index contributed by atoms with van der Waals surface area (Å²) in [5, 5.41) is 14.8. The van der Waals surface area contributed by atoms with Crippen LogP contribution in [-0.4, -0.2) is 32.7 Å². The van der Waals surface area contributed by atoms with Gasteiger partial charge in [-0.2, -0.15) is 5.26 Å². The third kappa shape index (κ3) is 4.36. The molecule has 8 nitrogen and oxygen atoms in total. The quantitative estimate of drug-likeness (QED) is 0.820. The number of alkyl carbamates (subject to hydrolysis) is 1. The smallest absolute Gasteiger partial charge is 0.407 e. The maximum atomic E-state index is 12.0. The van der Waals surface area contributed by atoms with Gasteiger partial charge in [0, 0.05) is 24.1 Å². The molecule has 4 rings (SSSR count). The van der Waals surface area contributed by atoms with E-state index in [4.69, 9.17) is 10.00 Å². The SMILES string of the molecule is CC1(NC(=O)O[C@@H]2CC[C@H](c3cnc(Nc4ccc(C#N)cn4)nc3)C2)CC1. The predicted molar refractivity (Wildman–Crippen MR) is 102 cm³/mol. The van der Waals surface area contributed by atoms with Gasteiger partial charge in [0.05, 0.1) is 5.56 Å². The summed E-state index contributed by atoms with van der Waals surface area (Å²) < 4.78 is 5.57. The van der Waals surface area contributed by atoms with Gasteiger partial charge in [-0.1, -0.05) is 0 Å². The Bertz CT molecular complexity index is 886. The minimum absolute atomic E-state index is 0.0600. The van der Waals surface area contributed by atoms with Gasteiger partial charge in [-0.3, -0.25) is 0 Å². The molecular formula is C20H22N6O2. The minimum atomic E-state index is -0.309. The Morgan fingerprint density at radius 2 is 2.00 bits per heavy atom. The van der Waals surface area contributed by atoms with Crippen LogP contribution in [0.2, 0.25) is 0 Å².